The van der Waals surface area contributed by atoms with Gasteiger partial charge in [0.15, 0.2) is 11.5 Å². The Morgan fingerprint density at radius 2 is 1.72 bits per heavy atom. The molecule has 1 saturated heterocycles. The van der Waals surface area contributed by atoms with Crippen LogP contribution in [0.5, 0.6) is 23.1 Å². The Kier molecular flexibility index (Phi) is 6.64. The van der Waals surface area contributed by atoms with Crippen LogP contribution in [0.4, 0.5) is 10.5 Å². The monoisotopic (exact) mass is 401 g/mol. The minimum Gasteiger partial charge on any atom is -0.493 e. The molecule has 0 unspecified atom stereocenters. The van der Waals surface area contributed by atoms with Crippen LogP contribution in [0.25, 0.3) is 0 Å². The Hall–Kier alpha value is -3.16. The van der Waals surface area contributed by atoms with E-state index in [1.807, 2.05) is 25.1 Å². The fourth-order valence-corrected chi connectivity index (χ4v) is 3.29. The molecular formula is C21H27N3O5. The lowest BCUT2D eigenvalue weighted by Crippen LogP contribution is -2.43. The number of amides is 2. The molecule has 0 saturated carbocycles. The first-order chi connectivity index (χ1) is 14.0. The summed E-state index contributed by atoms with van der Waals surface area (Å²) in [6.45, 7) is 3.14. The maximum absolute atomic E-state index is 12.7. The SMILES string of the molecule is COc1cc(NC(=O)N2CCC(Oc3cccc(C)n3)CC2)cc(OC)c1OC. The molecule has 0 bridgehead atoms. The number of carbonyl (C=O) groups is 1. The number of rotatable bonds is 6. The zero-order chi connectivity index (χ0) is 20.8. The summed E-state index contributed by atoms with van der Waals surface area (Å²) in [7, 11) is 4.62. The average Bonchev–Trinajstić information content (AvgIpc) is 2.73. The lowest BCUT2D eigenvalue weighted by Gasteiger charge is -2.32. The van der Waals surface area contributed by atoms with E-state index in [1.54, 1.807) is 17.0 Å². The Labute approximate surface area is 170 Å². The summed E-state index contributed by atoms with van der Waals surface area (Å²) in [6, 6.07) is 8.96. The number of carbonyl (C=O) groups excluding carboxylic acids is 1. The molecule has 156 valence electrons. The minimum atomic E-state index is -0.175. The van der Waals surface area contributed by atoms with Crippen molar-refractivity contribution in [2.45, 2.75) is 25.9 Å². The maximum Gasteiger partial charge on any atom is 0.321 e. The molecule has 1 aliphatic rings. The maximum atomic E-state index is 12.7. The van der Waals surface area contributed by atoms with Gasteiger partial charge in [0.05, 0.1) is 27.0 Å². The van der Waals surface area contributed by atoms with Gasteiger partial charge < -0.3 is 29.2 Å². The predicted molar refractivity (Wildman–Crippen MR) is 109 cm³/mol. The van der Waals surface area contributed by atoms with E-state index in [9.17, 15) is 4.79 Å². The van der Waals surface area contributed by atoms with Gasteiger partial charge in [-0.25, -0.2) is 9.78 Å². The molecule has 29 heavy (non-hydrogen) atoms. The van der Waals surface area contributed by atoms with E-state index < -0.39 is 0 Å². The second kappa shape index (κ2) is 9.36. The first kappa shape index (κ1) is 20.6. The summed E-state index contributed by atoms with van der Waals surface area (Å²) in [6.07, 6.45) is 1.55. The van der Waals surface area contributed by atoms with Crippen molar-refractivity contribution in [2.24, 2.45) is 0 Å². The quantitative estimate of drug-likeness (QED) is 0.798. The minimum absolute atomic E-state index is 0.0505. The summed E-state index contributed by atoms with van der Waals surface area (Å²) < 4.78 is 21.9. The number of ether oxygens (including phenoxy) is 4. The number of aryl methyl sites for hydroxylation is 1. The van der Waals surface area contributed by atoms with E-state index >= 15 is 0 Å². The highest BCUT2D eigenvalue weighted by Crippen LogP contribution is 2.40. The van der Waals surface area contributed by atoms with Gasteiger partial charge in [0, 0.05) is 49.8 Å². The van der Waals surface area contributed by atoms with Crippen LogP contribution in [0.2, 0.25) is 0 Å². The van der Waals surface area contributed by atoms with Crippen LogP contribution in [-0.2, 0) is 0 Å². The average molecular weight is 401 g/mol. The molecule has 0 atom stereocenters. The van der Waals surface area contributed by atoms with Crippen LogP contribution < -0.4 is 24.3 Å². The molecule has 8 heteroatoms. The van der Waals surface area contributed by atoms with Gasteiger partial charge in [-0.15, -0.1) is 0 Å². The van der Waals surface area contributed by atoms with Crippen LogP contribution in [-0.4, -0.2) is 56.4 Å². The van der Waals surface area contributed by atoms with Crippen molar-refractivity contribution < 1.29 is 23.7 Å². The van der Waals surface area contributed by atoms with E-state index in [-0.39, 0.29) is 12.1 Å². The first-order valence-electron chi connectivity index (χ1n) is 9.50. The topological polar surface area (TPSA) is 82.2 Å². The molecule has 0 spiro atoms. The van der Waals surface area contributed by atoms with Crippen molar-refractivity contribution in [2.75, 3.05) is 39.7 Å². The number of hydrogen-bond acceptors (Lipinski definition) is 6. The number of nitrogens with one attached hydrogen (secondary N) is 1. The van der Waals surface area contributed by atoms with E-state index in [1.165, 1.54) is 21.3 Å². The van der Waals surface area contributed by atoms with E-state index in [2.05, 4.69) is 10.3 Å². The molecule has 0 aliphatic carbocycles. The molecular weight excluding hydrogens is 374 g/mol. The van der Waals surface area contributed by atoms with Gasteiger partial charge in [0.25, 0.3) is 0 Å². The van der Waals surface area contributed by atoms with Crippen LogP contribution in [0.3, 0.4) is 0 Å². The number of nitrogens with zero attached hydrogens (tertiary/aromatic N) is 2. The fraction of sp³-hybridized carbons (Fsp3) is 0.429. The zero-order valence-corrected chi connectivity index (χ0v) is 17.2. The molecule has 1 N–H and O–H groups in total. The van der Waals surface area contributed by atoms with E-state index in [4.69, 9.17) is 18.9 Å². The largest absolute Gasteiger partial charge is 0.493 e. The molecule has 8 nitrogen and oxygen atoms in total. The second-order valence-corrected chi connectivity index (χ2v) is 6.77. The molecule has 1 aliphatic heterocycles. The van der Waals surface area contributed by atoms with Gasteiger partial charge in [0.2, 0.25) is 11.6 Å². The van der Waals surface area contributed by atoms with Crippen molar-refractivity contribution in [3.05, 3.63) is 36.0 Å². The molecule has 2 amide bonds. The summed E-state index contributed by atoms with van der Waals surface area (Å²) >= 11 is 0. The molecule has 2 heterocycles. The van der Waals surface area contributed by atoms with Crippen molar-refractivity contribution in [1.82, 2.24) is 9.88 Å². The van der Waals surface area contributed by atoms with Gasteiger partial charge >= 0.3 is 6.03 Å². The van der Waals surface area contributed by atoms with Crippen molar-refractivity contribution in [3.8, 4) is 23.1 Å². The standard InChI is InChI=1S/C21H27N3O5/c1-14-6-5-7-19(22-14)29-16-8-10-24(11-9-16)21(25)23-15-12-17(26-2)20(28-4)18(13-15)27-3/h5-7,12-13,16H,8-11H2,1-4H3,(H,23,25). The van der Waals surface area contributed by atoms with E-state index in [0.717, 1.165) is 18.5 Å². The van der Waals surface area contributed by atoms with Crippen LogP contribution in [0, 0.1) is 6.92 Å². The number of urea groups is 1. The predicted octanol–water partition coefficient (Wildman–Crippen LogP) is 3.49. The van der Waals surface area contributed by atoms with Crippen LogP contribution in [0.1, 0.15) is 18.5 Å². The van der Waals surface area contributed by atoms with Gasteiger partial charge in [-0.1, -0.05) is 6.07 Å². The molecule has 0 radical (unpaired) electrons. The third kappa shape index (κ3) is 5.01. The highest BCUT2D eigenvalue weighted by molar-refractivity contribution is 5.90. The molecule has 2 aromatic rings. The summed E-state index contributed by atoms with van der Waals surface area (Å²) in [5, 5.41) is 2.90. The Balaban J connectivity index is 1.58. The first-order valence-corrected chi connectivity index (χ1v) is 9.50. The lowest BCUT2D eigenvalue weighted by atomic mass is 10.1. The molecule has 1 aromatic heterocycles. The highest BCUT2D eigenvalue weighted by Gasteiger charge is 2.25. The molecule has 1 aromatic carbocycles. The fourth-order valence-electron chi connectivity index (χ4n) is 3.29. The smallest absolute Gasteiger partial charge is 0.321 e. The summed E-state index contributed by atoms with van der Waals surface area (Å²) in [5.41, 5.74) is 1.50. The number of likely N-dealkylation sites (tertiary alicyclic amines) is 1. The van der Waals surface area contributed by atoms with Gasteiger partial charge in [-0.2, -0.15) is 0 Å². The number of piperidine rings is 1. The normalized spacial score (nSPS) is 14.3. The van der Waals surface area contributed by atoms with Gasteiger partial charge in [0.1, 0.15) is 6.10 Å². The number of methoxy groups -OCH3 is 3. The van der Waals surface area contributed by atoms with Gasteiger partial charge in [-0.3, -0.25) is 0 Å². The van der Waals surface area contributed by atoms with Crippen molar-refractivity contribution in [3.63, 3.8) is 0 Å². The Morgan fingerprint density at radius 1 is 1.07 bits per heavy atom. The summed E-state index contributed by atoms with van der Waals surface area (Å²) in [4.78, 5) is 18.8. The number of anilines is 1. The van der Waals surface area contributed by atoms with Crippen LogP contribution in [0.15, 0.2) is 30.3 Å². The highest BCUT2D eigenvalue weighted by atomic mass is 16.5. The molecule has 1 fully saturated rings. The number of benzene rings is 1. The number of aromatic nitrogens is 1. The van der Waals surface area contributed by atoms with Crippen molar-refractivity contribution >= 4 is 11.7 Å². The zero-order valence-electron chi connectivity index (χ0n) is 17.2. The van der Waals surface area contributed by atoms with Crippen LogP contribution >= 0.6 is 0 Å². The third-order valence-corrected chi connectivity index (χ3v) is 4.80. The third-order valence-electron chi connectivity index (χ3n) is 4.80. The van der Waals surface area contributed by atoms with Gasteiger partial charge in [-0.05, 0) is 13.0 Å². The summed E-state index contributed by atoms with van der Waals surface area (Å²) in [5.74, 6) is 2.08. The van der Waals surface area contributed by atoms with E-state index in [0.29, 0.717) is 41.9 Å². The lowest BCUT2D eigenvalue weighted by molar-refractivity contribution is 0.111. The number of pyridine rings is 1. The number of hydrogen-bond donors (Lipinski definition) is 1. The van der Waals surface area contributed by atoms with Crippen molar-refractivity contribution in [1.29, 1.82) is 0 Å². The Morgan fingerprint density at radius 3 is 2.28 bits per heavy atom. The Bertz CT molecular complexity index is 825. The molecule has 3 rings (SSSR count). The second-order valence-electron chi connectivity index (χ2n) is 6.77.